The minimum absolute atomic E-state index is 0.261. The summed E-state index contributed by atoms with van der Waals surface area (Å²) < 4.78 is 0. The van der Waals surface area contributed by atoms with Gasteiger partial charge in [0.25, 0.3) is 0 Å². The Kier molecular flexibility index (Phi) is 2.69. The van der Waals surface area contributed by atoms with Gasteiger partial charge >= 0.3 is 5.97 Å². The Balaban J connectivity index is 2.25. The smallest absolute Gasteiger partial charge is 0.326 e. The number of carboxylic acids is 1. The number of amides is 2. The molecule has 1 N–H and O–H groups in total. The van der Waals surface area contributed by atoms with Crippen molar-refractivity contribution in [2.75, 3.05) is 0 Å². The molecule has 1 heterocycles. The zero-order chi connectivity index (χ0) is 11.9. The van der Waals surface area contributed by atoms with Gasteiger partial charge in [0.2, 0.25) is 11.8 Å². The van der Waals surface area contributed by atoms with E-state index in [0.29, 0.717) is 0 Å². The number of hydrogen-bond donors (Lipinski definition) is 1. The van der Waals surface area contributed by atoms with Crippen LogP contribution in [0.3, 0.4) is 0 Å². The minimum atomic E-state index is -1.12. The number of aliphatic carboxylic acids is 1. The van der Waals surface area contributed by atoms with Crippen LogP contribution in [0.25, 0.3) is 0 Å². The number of hydrogen-bond acceptors (Lipinski definition) is 3. The number of imide groups is 1. The molecule has 0 aromatic heterocycles. The van der Waals surface area contributed by atoms with Gasteiger partial charge in [-0.2, -0.15) is 0 Å². The molecule has 1 aliphatic heterocycles. The predicted molar refractivity (Wildman–Crippen MR) is 54.4 cm³/mol. The molecule has 3 atom stereocenters. The summed E-state index contributed by atoms with van der Waals surface area (Å²) in [4.78, 5) is 35.7. The van der Waals surface area contributed by atoms with E-state index in [1.807, 2.05) is 0 Å². The molecule has 5 nitrogen and oxygen atoms in total. The van der Waals surface area contributed by atoms with Crippen LogP contribution in [-0.2, 0) is 14.4 Å². The maximum atomic E-state index is 11.9. The largest absolute Gasteiger partial charge is 0.480 e. The van der Waals surface area contributed by atoms with Gasteiger partial charge in [-0.3, -0.25) is 14.5 Å². The highest BCUT2D eigenvalue weighted by Crippen LogP contribution is 2.38. The molecule has 1 saturated heterocycles. The van der Waals surface area contributed by atoms with Crippen molar-refractivity contribution in [1.29, 1.82) is 0 Å². The van der Waals surface area contributed by atoms with Crippen molar-refractivity contribution in [2.24, 2.45) is 11.8 Å². The van der Waals surface area contributed by atoms with E-state index in [9.17, 15) is 14.4 Å². The summed E-state index contributed by atoms with van der Waals surface area (Å²) in [5.74, 6) is -2.22. The van der Waals surface area contributed by atoms with E-state index in [1.54, 1.807) is 0 Å². The number of rotatable bonds is 2. The third kappa shape index (κ3) is 1.50. The van der Waals surface area contributed by atoms with Gasteiger partial charge in [-0.25, -0.2) is 4.79 Å². The van der Waals surface area contributed by atoms with E-state index >= 15 is 0 Å². The van der Waals surface area contributed by atoms with E-state index in [4.69, 9.17) is 5.11 Å². The second kappa shape index (κ2) is 3.88. The van der Waals surface area contributed by atoms with E-state index in [1.165, 1.54) is 6.92 Å². The van der Waals surface area contributed by atoms with E-state index < -0.39 is 12.0 Å². The zero-order valence-electron chi connectivity index (χ0n) is 9.18. The molecular formula is C11H15NO4. The molecule has 0 bridgehead atoms. The number of carboxylic acid groups (broad SMARTS) is 1. The Morgan fingerprint density at radius 1 is 1.25 bits per heavy atom. The van der Waals surface area contributed by atoms with Gasteiger partial charge in [0.15, 0.2) is 0 Å². The molecule has 0 spiro atoms. The predicted octanol–water partition coefficient (Wildman–Crippen LogP) is 0.635. The first-order valence-corrected chi connectivity index (χ1v) is 5.63. The van der Waals surface area contributed by atoms with Gasteiger partial charge in [0.05, 0.1) is 11.8 Å². The summed E-state index contributed by atoms with van der Waals surface area (Å²) in [5, 5.41) is 8.87. The summed E-state index contributed by atoms with van der Waals surface area (Å²) in [6, 6.07) is -1.04. The molecule has 2 fully saturated rings. The van der Waals surface area contributed by atoms with Crippen LogP contribution in [0.5, 0.6) is 0 Å². The Morgan fingerprint density at radius 3 is 2.06 bits per heavy atom. The Hall–Kier alpha value is -1.39. The zero-order valence-corrected chi connectivity index (χ0v) is 9.18. The third-order valence-corrected chi connectivity index (χ3v) is 3.62. The maximum absolute atomic E-state index is 11.9. The van der Waals surface area contributed by atoms with Gasteiger partial charge in [0.1, 0.15) is 6.04 Å². The molecule has 0 aromatic carbocycles. The highest BCUT2D eigenvalue weighted by molar-refractivity contribution is 6.07. The van der Waals surface area contributed by atoms with Gasteiger partial charge in [-0.15, -0.1) is 0 Å². The second-order valence-corrected chi connectivity index (χ2v) is 4.56. The van der Waals surface area contributed by atoms with Crippen LogP contribution >= 0.6 is 0 Å². The van der Waals surface area contributed by atoms with Gasteiger partial charge in [0, 0.05) is 0 Å². The van der Waals surface area contributed by atoms with E-state index in [0.717, 1.165) is 30.6 Å². The van der Waals surface area contributed by atoms with E-state index in [2.05, 4.69) is 0 Å². The Labute approximate surface area is 93.4 Å². The molecule has 1 aliphatic carbocycles. The SMILES string of the molecule is C[C@H](C(=O)O)N1C(=O)[C@H]2CCCC[C@H]2C1=O. The highest BCUT2D eigenvalue weighted by atomic mass is 16.4. The summed E-state index contributed by atoms with van der Waals surface area (Å²) in [6.45, 7) is 1.38. The lowest BCUT2D eigenvalue weighted by atomic mass is 9.81. The molecule has 16 heavy (non-hydrogen) atoms. The molecule has 2 amide bonds. The first-order valence-electron chi connectivity index (χ1n) is 5.63. The van der Waals surface area contributed by atoms with Crippen LogP contribution in [0.2, 0.25) is 0 Å². The number of fused-ring (bicyclic) bond motifs is 1. The summed E-state index contributed by atoms with van der Waals surface area (Å²) in [7, 11) is 0. The van der Waals surface area contributed by atoms with Crippen molar-refractivity contribution >= 4 is 17.8 Å². The highest BCUT2D eigenvalue weighted by Gasteiger charge is 2.50. The lowest BCUT2D eigenvalue weighted by molar-refractivity contribution is -0.154. The Morgan fingerprint density at radius 2 is 1.69 bits per heavy atom. The molecule has 5 heteroatoms. The summed E-state index contributed by atoms with van der Waals surface area (Å²) >= 11 is 0. The lowest BCUT2D eigenvalue weighted by Gasteiger charge is -2.19. The quantitative estimate of drug-likeness (QED) is 0.699. The van der Waals surface area contributed by atoms with Crippen LogP contribution in [0.15, 0.2) is 0 Å². The molecular weight excluding hydrogens is 210 g/mol. The first-order chi connectivity index (χ1) is 7.54. The molecule has 1 saturated carbocycles. The standard InChI is InChI=1S/C11H15NO4/c1-6(11(15)16)12-9(13)7-4-2-3-5-8(7)10(12)14/h6-8H,2-5H2,1H3,(H,15,16)/t6-,7-,8+/m1/s1. The van der Waals surface area contributed by atoms with E-state index in [-0.39, 0.29) is 23.7 Å². The molecule has 0 aromatic rings. The number of likely N-dealkylation sites (tertiary alicyclic amines) is 1. The van der Waals surface area contributed by atoms with Crippen molar-refractivity contribution in [3.05, 3.63) is 0 Å². The minimum Gasteiger partial charge on any atom is -0.480 e. The van der Waals surface area contributed by atoms with Crippen molar-refractivity contribution in [1.82, 2.24) is 4.90 Å². The average Bonchev–Trinajstić information content (AvgIpc) is 2.52. The number of carbonyl (C=O) groups excluding carboxylic acids is 2. The van der Waals surface area contributed by atoms with Crippen LogP contribution in [-0.4, -0.2) is 33.8 Å². The fourth-order valence-corrected chi connectivity index (χ4v) is 2.68. The molecule has 0 radical (unpaired) electrons. The van der Waals surface area contributed by atoms with Gasteiger partial charge < -0.3 is 5.11 Å². The number of nitrogens with zero attached hydrogens (tertiary/aromatic N) is 1. The lowest BCUT2D eigenvalue weighted by Crippen LogP contribution is -2.43. The molecule has 0 unspecified atom stereocenters. The normalized spacial score (nSPS) is 31.4. The maximum Gasteiger partial charge on any atom is 0.326 e. The second-order valence-electron chi connectivity index (χ2n) is 4.56. The summed E-state index contributed by atoms with van der Waals surface area (Å²) in [6.07, 6.45) is 3.35. The van der Waals surface area contributed by atoms with Crippen LogP contribution < -0.4 is 0 Å². The van der Waals surface area contributed by atoms with Gasteiger partial charge in [-0.1, -0.05) is 12.8 Å². The third-order valence-electron chi connectivity index (χ3n) is 3.62. The monoisotopic (exact) mass is 225 g/mol. The van der Waals surface area contributed by atoms with Crippen LogP contribution in [0.1, 0.15) is 32.6 Å². The Bertz CT molecular complexity index is 328. The fraction of sp³-hybridized carbons (Fsp3) is 0.727. The average molecular weight is 225 g/mol. The van der Waals surface area contributed by atoms with Crippen molar-refractivity contribution < 1.29 is 19.5 Å². The fourth-order valence-electron chi connectivity index (χ4n) is 2.68. The van der Waals surface area contributed by atoms with Crippen LogP contribution in [0, 0.1) is 11.8 Å². The molecule has 2 aliphatic rings. The van der Waals surface area contributed by atoms with Crippen molar-refractivity contribution in [2.45, 2.75) is 38.6 Å². The topological polar surface area (TPSA) is 74.7 Å². The summed E-state index contributed by atoms with van der Waals surface area (Å²) in [5.41, 5.74) is 0. The van der Waals surface area contributed by atoms with Gasteiger partial charge in [-0.05, 0) is 19.8 Å². The number of carbonyl (C=O) groups is 3. The van der Waals surface area contributed by atoms with Crippen molar-refractivity contribution in [3.63, 3.8) is 0 Å². The molecule has 88 valence electrons. The molecule has 2 rings (SSSR count). The first kappa shape index (κ1) is 11.1. The van der Waals surface area contributed by atoms with Crippen LogP contribution in [0.4, 0.5) is 0 Å². The van der Waals surface area contributed by atoms with Crippen molar-refractivity contribution in [3.8, 4) is 0 Å².